The molecular formula is C26H28FN7O4. The molecule has 4 heterocycles. The monoisotopic (exact) mass is 521 g/mol. The summed E-state index contributed by atoms with van der Waals surface area (Å²) in [6, 6.07) is 9.23. The average Bonchev–Trinajstić information content (AvgIpc) is 3.34. The van der Waals surface area contributed by atoms with E-state index in [4.69, 9.17) is 20.3 Å². The summed E-state index contributed by atoms with van der Waals surface area (Å²) in [5.41, 5.74) is 12.4. The molecule has 0 bridgehead atoms. The van der Waals surface area contributed by atoms with Crippen LogP contribution >= 0.6 is 0 Å². The minimum atomic E-state index is -0.517. The SMILES string of the molecule is COc1cccc(-c2cc(F)ccc2[C@H]2Cc3nc(N)nc(C)c3C(NOCC(=O)N3CC[C@H](O)C3)=N2)n1. The number of β-amino-alcohol motifs (C(OH)–C–C–N with tert-alkyl or cyclic N) is 1. The van der Waals surface area contributed by atoms with Crippen molar-refractivity contribution in [2.24, 2.45) is 4.99 Å². The Morgan fingerprint density at radius 3 is 2.87 bits per heavy atom. The molecule has 1 amide bonds. The van der Waals surface area contributed by atoms with E-state index in [0.29, 0.717) is 64.9 Å². The largest absolute Gasteiger partial charge is 0.481 e. The van der Waals surface area contributed by atoms with E-state index in [1.54, 1.807) is 36.1 Å². The highest BCUT2D eigenvalue weighted by Gasteiger charge is 2.29. The van der Waals surface area contributed by atoms with Crippen molar-refractivity contribution in [1.82, 2.24) is 25.3 Å². The summed E-state index contributed by atoms with van der Waals surface area (Å²) in [7, 11) is 1.52. The van der Waals surface area contributed by atoms with E-state index in [1.165, 1.54) is 19.2 Å². The predicted molar refractivity (Wildman–Crippen MR) is 137 cm³/mol. The van der Waals surface area contributed by atoms with Crippen molar-refractivity contribution in [3.05, 3.63) is 64.7 Å². The fourth-order valence-electron chi connectivity index (χ4n) is 4.76. The molecule has 0 unspecified atom stereocenters. The molecule has 2 atom stereocenters. The first-order valence-corrected chi connectivity index (χ1v) is 12.2. The number of amides is 1. The molecule has 12 heteroatoms. The summed E-state index contributed by atoms with van der Waals surface area (Å²) in [6.45, 7) is 2.30. The summed E-state index contributed by atoms with van der Waals surface area (Å²) in [5.74, 6) is 0.188. The lowest BCUT2D eigenvalue weighted by Crippen LogP contribution is -2.37. The van der Waals surface area contributed by atoms with E-state index in [-0.39, 0.29) is 25.0 Å². The van der Waals surface area contributed by atoms with Crippen LogP contribution in [0.15, 0.2) is 41.4 Å². The van der Waals surface area contributed by atoms with Gasteiger partial charge in [-0.1, -0.05) is 12.1 Å². The molecule has 11 nitrogen and oxygen atoms in total. The van der Waals surface area contributed by atoms with Crippen molar-refractivity contribution in [2.45, 2.75) is 31.9 Å². The average molecular weight is 522 g/mol. The second-order valence-corrected chi connectivity index (χ2v) is 9.16. The number of nitrogens with one attached hydrogen (secondary N) is 1. The zero-order valence-electron chi connectivity index (χ0n) is 21.0. The summed E-state index contributed by atoms with van der Waals surface area (Å²) in [4.78, 5) is 37.6. The molecule has 4 N–H and O–H groups in total. The second-order valence-electron chi connectivity index (χ2n) is 9.16. The van der Waals surface area contributed by atoms with Crippen LogP contribution in [-0.2, 0) is 16.1 Å². The van der Waals surface area contributed by atoms with Crippen LogP contribution in [0.2, 0.25) is 0 Å². The molecule has 0 aliphatic carbocycles. The Balaban J connectivity index is 1.47. The molecule has 0 saturated carbocycles. The number of aryl methyl sites for hydroxylation is 1. The quantitative estimate of drug-likeness (QED) is 0.413. The lowest BCUT2D eigenvalue weighted by Gasteiger charge is -2.26. The Labute approximate surface area is 218 Å². The number of fused-ring (bicyclic) bond motifs is 1. The maximum absolute atomic E-state index is 14.4. The van der Waals surface area contributed by atoms with Gasteiger partial charge in [-0.15, -0.1) is 0 Å². The van der Waals surface area contributed by atoms with Crippen molar-refractivity contribution < 1.29 is 23.9 Å². The highest BCUT2D eigenvalue weighted by molar-refractivity contribution is 6.01. The number of hydrogen-bond acceptors (Lipinski definition) is 10. The zero-order chi connectivity index (χ0) is 26.8. The first-order chi connectivity index (χ1) is 18.3. The lowest BCUT2D eigenvalue weighted by atomic mass is 9.91. The number of benzene rings is 1. The Morgan fingerprint density at radius 1 is 1.26 bits per heavy atom. The molecule has 1 aromatic carbocycles. The topological polar surface area (TPSA) is 148 Å². The number of nitrogens with two attached hydrogens (primary N) is 1. The molecule has 1 saturated heterocycles. The van der Waals surface area contributed by atoms with Crippen molar-refractivity contribution >= 4 is 17.7 Å². The van der Waals surface area contributed by atoms with E-state index >= 15 is 0 Å². The molecule has 0 radical (unpaired) electrons. The van der Waals surface area contributed by atoms with Gasteiger partial charge in [-0.25, -0.2) is 24.8 Å². The van der Waals surface area contributed by atoms with Crippen LogP contribution in [0.1, 0.15) is 35.0 Å². The van der Waals surface area contributed by atoms with Crippen molar-refractivity contribution in [3.8, 4) is 17.1 Å². The molecule has 1 fully saturated rings. The number of hydroxylamine groups is 1. The number of ether oxygens (including phenoxy) is 1. The van der Waals surface area contributed by atoms with E-state index in [1.807, 2.05) is 0 Å². The van der Waals surface area contributed by atoms with Crippen molar-refractivity contribution in [3.63, 3.8) is 0 Å². The number of amidine groups is 1. The summed E-state index contributed by atoms with van der Waals surface area (Å²) in [6.07, 6.45) is 0.402. The summed E-state index contributed by atoms with van der Waals surface area (Å²) in [5, 5.41) is 9.70. The molecule has 2 aromatic heterocycles. The van der Waals surface area contributed by atoms with Crippen LogP contribution in [-0.4, -0.2) is 69.6 Å². The number of anilines is 1. The van der Waals surface area contributed by atoms with Crippen LogP contribution in [0.5, 0.6) is 5.88 Å². The Morgan fingerprint density at radius 2 is 2.11 bits per heavy atom. The van der Waals surface area contributed by atoms with Crippen LogP contribution < -0.4 is 16.0 Å². The van der Waals surface area contributed by atoms with Crippen LogP contribution in [0.3, 0.4) is 0 Å². The summed E-state index contributed by atoms with van der Waals surface area (Å²) >= 11 is 0. The lowest BCUT2D eigenvalue weighted by molar-refractivity contribution is -0.136. The number of likely N-dealkylation sites (tertiary alicyclic amines) is 1. The third kappa shape index (κ3) is 5.27. The zero-order valence-corrected chi connectivity index (χ0v) is 21.0. The molecule has 0 spiro atoms. The number of nitrogen functional groups attached to an aromatic ring is 1. The van der Waals surface area contributed by atoms with E-state index in [2.05, 4.69) is 20.4 Å². The Bertz CT molecular complexity index is 1400. The highest BCUT2D eigenvalue weighted by atomic mass is 19.1. The van der Waals surface area contributed by atoms with Gasteiger partial charge in [0.2, 0.25) is 11.8 Å². The second kappa shape index (κ2) is 10.7. The Kier molecular flexibility index (Phi) is 7.16. The van der Waals surface area contributed by atoms with Gasteiger partial charge in [0.1, 0.15) is 5.82 Å². The number of methoxy groups -OCH3 is 1. The molecule has 38 heavy (non-hydrogen) atoms. The van der Waals surface area contributed by atoms with Crippen LogP contribution in [0.4, 0.5) is 10.3 Å². The van der Waals surface area contributed by atoms with E-state index < -0.39 is 18.0 Å². The van der Waals surface area contributed by atoms with Gasteiger partial charge >= 0.3 is 0 Å². The smallest absolute Gasteiger partial charge is 0.251 e. The van der Waals surface area contributed by atoms with Gasteiger partial charge in [0.05, 0.1) is 41.9 Å². The Hall–Kier alpha value is -4.16. The minimum absolute atomic E-state index is 0.124. The molecule has 5 rings (SSSR count). The number of rotatable bonds is 6. The maximum Gasteiger partial charge on any atom is 0.251 e. The van der Waals surface area contributed by atoms with Gasteiger partial charge in [-0.2, -0.15) is 0 Å². The number of halogens is 1. The minimum Gasteiger partial charge on any atom is -0.481 e. The van der Waals surface area contributed by atoms with Gasteiger partial charge in [0.25, 0.3) is 5.91 Å². The van der Waals surface area contributed by atoms with Gasteiger partial charge < -0.3 is 20.5 Å². The first kappa shape index (κ1) is 25.5. The van der Waals surface area contributed by atoms with Crippen molar-refractivity contribution in [1.29, 1.82) is 0 Å². The standard InChI is InChI=1S/C26H28FN7O4/c1-14-24-21(32-26(28)29-14)11-20(31-25(24)33-38-13-23(36)34-9-8-16(35)12-34)17-7-6-15(27)10-18(17)19-4-3-5-22(30-19)37-2/h3-7,10,16,20,35H,8-9,11-13H2,1-2H3,(H,31,33)(H2,28,29,32)/t16-,20+/m0/s1. The number of aliphatic hydroxyl groups excluding tert-OH is 1. The fourth-order valence-corrected chi connectivity index (χ4v) is 4.76. The number of aliphatic imine (C=N–C) groups is 1. The third-order valence-electron chi connectivity index (χ3n) is 6.55. The molecule has 3 aromatic rings. The van der Waals surface area contributed by atoms with Gasteiger partial charge in [-0.3, -0.25) is 14.6 Å². The molecule has 2 aliphatic heterocycles. The number of carbonyl (C=O) groups is 1. The molecule has 2 aliphatic rings. The number of nitrogens with zero attached hydrogens (tertiary/aromatic N) is 5. The molecular weight excluding hydrogens is 493 g/mol. The van der Waals surface area contributed by atoms with Crippen LogP contribution in [0.25, 0.3) is 11.3 Å². The number of pyridine rings is 1. The van der Waals surface area contributed by atoms with Gasteiger partial charge in [0.15, 0.2) is 12.4 Å². The normalized spacial score (nSPS) is 18.6. The van der Waals surface area contributed by atoms with Crippen LogP contribution in [0, 0.1) is 12.7 Å². The number of carbonyl (C=O) groups excluding carboxylic acids is 1. The number of aromatic nitrogens is 3. The summed E-state index contributed by atoms with van der Waals surface area (Å²) < 4.78 is 19.6. The highest BCUT2D eigenvalue weighted by Crippen LogP contribution is 2.36. The molecule has 198 valence electrons. The van der Waals surface area contributed by atoms with Gasteiger partial charge in [-0.05, 0) is 37.1 Å². The fraction of sp³-hybridized carbons (Fsp3) is 0.346. The maximum atomic E-state index is 14.4. The van der Waals surface area contributed by atoms with Crippen molar-refractivity contribution in [2.75, 3.05) is 32.5 Å². The third-order valence-corrected chi connectivity index (χ3v) is 6.55. The predicted octanol–water partition coefficient (Wildman–Crippen LogP) is 1.74. The number of hydrogen-bond donors (Lipinski definition) is 3. The van der Waals surface area contributed by atoms with E-state index in [9.17, 15) is 14.3 Å². The van der Waals surface area contributed by atoms with Gasteiger partial charge in [0, 0.05) is 31.1 Å². The number of aliphatic hydroxyl groups is 1. The first-order valence-electron chi connectivity index (χ1n) is 12.2. The van der Waals surface area contributed by atoms with E-state index in [0.717, 1.165) is 0 Å².